The smallest absolute Gasteiger partial charge is 0.305 e. The van der Waals surface area contributed by atoms with Crippen molar-refractivity contribution in [1.29, 1.82) is 0 Å². The van der Waals surface area contributed by atoms with Crippen LogP contribution in [-0.2, 0) is 43.0 Å². The first-order valence-electron chi connectivity index (χ1n) is 19.6. The molecule has 0 radical (unpaired) electrons. The second-order valence-corrected chi connectivity index (χ2v) is 15.3. The van der Waals surface area contributed by atoms with Crippen LogP contribution in [0.1, 0.15) is 107 Å². The third-order valence-electron chi connectivity index (χ3n) is 8.83. The van der Waals surface area contributed by atoms with Gasteiger partial charge >= 0.3 is 5.97 Å². The van der Waals surface area contributed by atoms with Gasteiger partial charge in [0.25, 0.3) is 0 Å². The highest BCUT2D eigenvalue weighted by Gasteiger charge is 2.27. The van der Waals surface area contributed by atoms with Gasteiger partial charge in [0.15, 0.2) is 0 Å². The van der Waals surface area contributed by atoms with Gasteiger partial charge in [0.2, 0.25) is 35.4 Å². The van der Waals surface area contributed by atoms with Crippen LogP contribution in [-0.4, -0.2) is 109 Å². The number of rotatable bonds is 31. The van der Waals surface area contributed by atoms with Crippen molar-refractivity contribution in [3.05, 3.63) is 25.3 Å². The molecule has 0 aromatic carbocycles. The van der Waals surface area contributed by atoms with Crippen molar-refractivity contribution >= 4 is 41.4 Å². The summed E-state index contributed by atoms with van der Waals surface area (Å²) >= 11 is 0. The number of hydrogen-bond donors (Lipinski definition) is 7. The Kier molecular flexibility index (Phi) is 26.8. The molecule has 0 aromatic rings. The SMILES string of the molecule is C=CCOC[C@@H](CC(=O)N[C@@H](CC(=O)O)CC(C)C)NC(=O)C[C@H](C)NC(=O)C[C@@H](NC(=O)C[C@H](COCC=C)NC(=O)C[C@@H](NC(C)=O)C(C)C)[C@@H](C)CC. The van der Waals surface area contributed by atoms with Gasteiger partial charge in [-0.1, -0.05) is 60.1 Å². The van der Waals surface area contributed by atoms with E-state index in [1.807, 2.05) is 41.5 Å². The van der Waals surface area contributed by atoms with Crippen LogP contribution in [0.2, 0.25) is 0 Å². The van der Waals surface area contributed by atoms with E-state index in [1.165, 1.54) is 13.0 Å². The maximum Gasteiger partial charge on any atom is 0.305 e. The summed E-state index contributed by atoms with van der Waals surface area (Å²) in [5.74, 6) is -3.19. The van der Waals surface area contributed by atoms with Crippen LogP contribution < -0.4 is 31.9 Å². The first-order chi connectivity index (χ1) is 26.3. The van der Waals surface area contributed by atoms with E-state index in [1.54, 1.807) is 13.0 Å². The minimum absolute atomic E-state index is 0.000834. The Hall–Kier alpha value is -4.31. The number of carbonyl (C=O) groups excluding carboxylic acids is 6. The van der Waals surface area contributed by atoms with Crippen LogP contribution in [0.3, 0.4) is 0 Å². The monoisotopic (exact) mass is 795 g/mol. The van der Waals surface area contributed by atoms with Crippen molar-refractivity contribution in [2.24, 2.45) is 17.8 Å². The van der Waals surface area contributed by atoms with Crippen LogP contribution >= 0.6 is 0 Å². The molecule has 0 saturated carbocycles. The van der Waals surface area contributed by atoms with Gasteiger partial charge in [0, 0.05) is 63.2 Å². The lowest BCUT2D eigenvalue weighted by Crippen LogP contribution is -2.49. The molecule has 16 nitrogen and oxygen atoms in total. The lowest BCUT2D eigenvalue weighted by Gasteiger charge is -2.27. The van der Waals surface area contributed by atoms with Gasteiger partial charge in [-0.05, 0) is 31.1 Å². The zero-order valence-corrected chi connectivity index (χ0v) is 34.9. The van der Waals surface area contributed by atoms with Crippen molar-refractivity contribution in [1.82, 2.24) is 31.9 Å². The Morgan fingerprint density at radius 1 is 0.589 bits per heavy atom. The van der Waals surface area contributed by atoms with Crippen molar-refractivity contribution in [2.45, 2.75) is 143 Å². The van der Waals surface area contributed by atoms with E-state index >= 15 is 0 Å². The Morgan fingerprint density at radius 2 is 1.04 bits per heavy atom. The Morgan fingerprint density at radius 3 is 1.48 bits per heavy atom. The molecule has 0 fully saturated rings. The molecule has 0 bridgehead atoms. The predicted octanol–water partition coefficient (Wildman–Crippen LogP) is 2.51. The van der Waals surface area contributed by atoms with Gasteiger partial charge in [-0.3, -0.25) is 33.6 Å². The average molecular weight is 795 g/mol. The summed E-state index contributed by atoms with van der Waals surface area (Å²) in [4.78, 5) is 88.3. The minimum atomic E-state index is -1.03. The summed E-state index contributed by atoms with van der Waals surface area (Å²) in [6, 6.07) is -3.49. The highest BCUT2D eigenvalue weighted by atomic mass is 16.5. The molecule has 0 aliphatic heterocycles. The summed E-state index contributed by atoms with van der Waals surface area (Å²) in [5, 5.41) is 26.2. The molecule has 16 heteroatoms. The number of nitrogens with one attached hydrogen (secondary N) is 6. The van der Waals surface area contributed by atoms with E-state index in [0.29, 0.717) is 12.8 Å². The van der Waals surface area contributed by atoms with E-state index in [9.17, 15) is 38.7 Å². The number of carboxylic acid groups (broad SMARTS) is 1. The molecule has 7 N–H and O–H groups in total. The molecule has 0 aliphatic carbocycles. The quantitative estimate of drug-likeness (QED) is 0.0401. The van der Waals surface area contributed by atoms with E-state index in [-0.39, 0.29) is 106 Å². The van der Waals surface area contributed by atoms with Crippen LogP contribution in [0.15, 0.2) is 25.3 Å². The molecule has 0 saturated heterocycles. The normalized spacial score (nSPS) is 14.9. The van der Waals surface area contributed by atoms with Crippen molar-refractivity contribution < 1.29 is 48.1 Å². The van der Waals surface area contributed by atoms with Gasteiger partial charge in [-0.2, -0.15) is 0 Å². The first-order valence-corrected chi connectivity index (χ1v) is 19.6. The van der Waals surface area contributed by atoms with Crippen molar-refractivity contribution in [3.8, 4) is 0 Å². The fourth-order valence-corrected chi connectivity index (χ4v) is 5.89. The second kappa shape index (κ2) is 29.0. The van der Waals surface area contributed by atoms with E-state index < -0.39 is 53.9 Å². The maximum atomic E-state index is 13.3. The number of carboxylic acids is 1. The van der Waals surface area contributed by atoms with Gasteiger partial charge in [0.05, 0.1) is 44.9 Å². The van der Waals surface area contributed by atoms with Gasteiger partial charge in [-0.15, -0.1) is 13.2 Å². The first kappa shape index (κ1) is 51.7. The molecular formula is C40H70N6O10. The fourth-order valence-electron chi connectivity index (χ4n) is 5.89. The van der Waals surface area contributed by atoms with Gasteiger partial charge in [0.1, 0.15) is 0 Å². The summed E-state index contributed by atoms with van der Waals surface area (Å²) in [7, 11) is 0. The molecule has 0 heterocycles. The van der Waals surface area contributed by atoms with Gasteiger partial charge < -0.3 is 46.5 Å². The lowest BCUT2D eigenvalue weighted by atomic mass is 9.95. The van der Waals surface area contributed by atoms with Gasteiger partial charge in [-0.25, -0.2) is 0 Å². The highest BCUT2D eigenvalue weighted by molar-refractivity contribution is 5.83. The zero-order chi connectivity index (χ0) is 42.8. The summed E-state index contributed by atoms with van der Waals surface area (Å²) in [5.41, 5.74) is 0. The average Bonchev–Trinajstić information content (AvgIpc) is 3.06. The summed E-state index contributed by atoms with van der Waals surface area (Å²) in [6.07, 6.45) is 3.60. The Bertz CT molecular complexity index is 1280. The van der Waals surface area contributed by atoms with Crippen LogP contribution in [0, 0.1) is 17.8 Å². The number of carbonyl (C=O) groups is 7. The fraction of sp³-hybridized carbons (Fsp3) is 0.725. The lowest BCUT2D eigenvalue weighted by molar-refractivity contribution is -0.138. The molecular weight excluding hydrogens is 724 g/mol. The summed E-state index contributed by atoms with van der Waals surface area (Å²) in [6.45, 7) is 22.2. The molecule has 6 amide bonds. The highest BCUT2D eigenvalue weighted by Crippen LogP contribution is 2.14. The molecule has 0 unspecified atom stereocenters. The molecule has 0 rings (SSSR count). The van der Waals surface area contributed by atoms with Crippen LogP contribution in [0.25, 0.3) is 0 Å². The maximum absolute atomic E-state index is 13.3. The predicted molar refractivity (Wildman–Crippen MR) is 214 cm³/mol. The van der Waals surface area contributed by atoms with Crippen LogP contribution in [0.4, 0.5) is 0 Å². The largest absolute Gasteiger partial charge is 0.481 e. The van der Waals surface area contributed by atoms with Crippen molar-refractivity contribution in [3.63, 3.8) is 0 Å². The standard InChI is InChI=1S/C40H70N6O10/c1-11-14-55-23-31(18-36(49)43-30(16-25(4)5)20-40(53)54)44-35(48)17-28(9)41-38(51)22-34(27(8)13-3)46-37(50)19-32(24-56-15-12-2)45-39(52)21-33(26(6)7)42-29(10)47/h11-12,25-28,30-34H,1-2,13-24H2,3-10H3,(H,41,51)(H,42,47)(H,43,49)(H,44,48)(H,45,52)(H,46,50)(H,53,54)/t27-,28-,30+,31+,32+,33+,34+/m0/s1. The van der Waals surface area contributed by atoms with E-state index in [4.69, 9.17) is 9.47 Å². The number of ether oxygens (including phenoxy) is 2. The molecule has 0 aromatic heterocycles. The number of aliphatic carboxylic acids is 1. The van der Waals surface area contributed by atoms with Crippen LogP contribution in [0.5, 0.6) is 0 Å². The Balaban J connectivity index is 5.46. The topological polar surface area (TPSA) is 230 Å². The molecule has 56 heavy (non-hydrogen) atoms. The van der Waals surface area contributed by atoms with Crippen molar-refractivity contribution in [2.75, 3.05) is 26.4 Å². The number of hydrogen-bond acceptors (Lipinski definition) is 9. The van der Waals surface area contributed by atoms with E-state index in [2.05, 4.69) is 45.1 Å². The molecule has 0 aliphatic rings. The third kappa shape index (κ3) is 25.7. The number of amides is 6. The Labute approximate surface area is 333 Å². The third-order valence-corrected chi connectivity index (χ3v) is 8.83. The minimum Gasteiger partial charge on any atom is -0.481 e. The summed E-state index contributed by atoms with van der Waals surface area (Å²) < 4.78 is 11.1. The molecule has 7 atom stereocenters. The second-order valence-electron chi connectivity index (χ2n) is 15.3. The zero-order valence-electron chi connectivity index (χ0n) is 34.9. The van der Waals surface area contributed by atoms with E-state index in [0.717, 1.165) is 0 Å². The molecule has 0 spiro atoms. The molecule has 320 valence electrons.